The zero-order chi connectivity index (χ0) is 21.8. The fourth-order valence-corrected chi connectivity index (χ4v) is 4.70. The summed E-state index contributed by atoms with van der Waals surface area (Å²) in [6.07, 6.45) is 1.35. The van der Waals surface area contributed by atoms with Gasteiger partial charge in [0.25, 0.3) is 0 Å². The van der Waals surface area contributed by atoms with E-state index in [1.165, 1.54) is 7.11 Å². The van der Waals surface area contributed by atoms with Crippen LogP contribution in [0.15, 0.2) is 36.4 Å². The normalized spacial score (nSPS) is 20.0. The van der Waals surface area contributed by atoms with Gasteiger partial charge in [-0.15, -0.1) is 0 Å². The minimum Gasteiger partial charge on any atom is -0.507 e. The number of hydrogen-bond acceptors (Lipinski definition) is 4. The molecular formula is C24H30ClNO4. The van der Waals surface area contributed by atoms with Crippen molar-refractivity contribution in [1.29, 1.82) is 0 Å². The van der Waals surface area contributed by atoms with Crippen molar-refractivity contribution in [1.82, 2.24) is 4.90 Å². The van der Waals surface area contributed by atoms with Crippen LogP contribution in [0.5, 0.6) is 17.2 Å². The van der Waals surface area contributed by atoms with Crippen molar-refractivity contribution in [3.8, 4) is 17.2 Å². The maximum atomic E-state index is 13.3. The van der Waals surface area contributed by atoms with Gasteiger partial charge in [0.2, 0.25) is 5.91 Å². The van der Waals surface area contributed by atoms with Crippen molar-refractivity contribution in [3.63, 3.8) is 0 Å². The predicted octanol–water partition coefficient (Wildman–Crippen LogP) is 5.09. The molecule has 5 nitrogen and oxygen atoms in total. The molecule has 1 heterocycles. The zero-order valence-corrected chi connectivity index (χ0v) is 18.8. The highest BCUT2D eigenvalue weighted by Crippen LogP contribution is 2.43. The summed E-state index contributed by atoms with van der Waals surface area (Å²) in [5.41, 5.74) is 1.42. The summed E-state index contributed by atoms with van der Waals surface area (Å²) in [5.74, 6) is 1.62. The van der Waals surface area contributed by atoms with Gasteiger partial charge in [-0.05, 0) is 36.0 Å². The number of rotatable bonds is 6. The second-order valence-electron chi connectivity index (χ2n) is 8.32. The molecule has 0 aromatic heterocycles. The van der Waals surface area contributed by atoms with Crippen LogP contribution in [-0.4, -0.2) is 43.2 Å². The number of piperidine rings is 1. The Balaban J connectivity index is 2.01. The monoisotopic (exact) mass is 431 g/mol. The van der Waals surface area contributed by atoms with Crippen molar-refractivity contribution in [2.45, 2.75) is 32.6 Å². The van der Waals surface area contributed by atoms with Crippen molar-refractivity contribution < 1.29 is 19.4 Å². The molecule has 1 fully saturated rings. The molecule has 6 heteroatoms. The highest BCUT2D eigenvalue weighted by atomic mass is 35.5. The molecule has 1 aliphatic heterocycles. The summed E-state index contributed by atoms with van der Waals surface area (Å²) in [6, 6.07) is 10.7. The fraction of sp³-hybridized carbons (Fsp3) is 0.458. The Morgan fingerprint density at radius 1 is 1.17 bits per heavy atom. The molecule has 0 aliphatic carbocycles. The van der Waals surface area contributed by atoms with Crippen LogP contribution < -0.4 is 9.47 Å². The molecule has 0 saturated carbocycles. The highest BCUT2D eigenvalue weighted by molar-refractivity contribution is 6.30. The third kappa shape index (κ3) is 5.01. The lowest BCUT2D eigenvalue weighted by Gasteiger charge is -2.36. The van der Waals surface area contributed by atoms with Gasteiger partial charge in [0.15, 0.2) is 0 Å². The second-order valence-corrected chi connectivity index (χ2v) is 8.76. The average Bonchev–Trinajstić information content (AvgIpc) is 2.70. The highest BCUT2D eigenvalue weighted by Gasteiger charge is 2.31. The largest absolute Gasteiger partial charge is 0.507 e. The van der Waals surface area contributed by atoms with Gasteiger partial charge >= 0.3 is 0 Å². The van der Waals surface area contributed by atoms with Crippen LogP contribution in [0, 0.1) is 11.8 Å². The predicted molar refractivity (Wildman–Crippen MR) is 119 cm³/mol. The van der Waals surface area contributed by atoms with Crippen molar-refractivity contribution in [3.05, 3.63) is 52.5 Å². The van der Waals surface area contributed by atoms with Crippen LogP contribution in [0.2, 0.25) is 5.02 Å². The van der Waals surface area contributed by atoms with Crippen LogP contribution in [-0.2, 0) is 4.79 Å². The Morgan fingerprint density at radius 2 is 1.87 bits per heavy atom. The SMILES string of the molecule is COc1cc(O)c(C(CC(=O)N2CC(C)CC(C)C2)c2cccc(Cl)c2)c(OC)c1. The van der Waals surface area contributed by atoms with Crippen molar-refractivity contribution in [2.24, 2.45) is 11.8 Å². The van der Waals surface area contributed by atoms with Crippen LogP contribution >= 0.6 is 11.6 Å². The van der Waals surface area contributed by atoms with E-state index in [1.807, 2.05) is 23.1 Å². The minimum absolute atomic E-state index is 0.0318. The van der Waals surface area contributed by atoms with E-state index in [9.17, 15) is 9.90 Å². The first-order chi connectivity index (χ1) is 14.3. The lowest BCUT2D eigenvalue weighted by Crippen LogP contribution is -2.43. The van der Waals surface area contributed by atoms with Gasteiger partial charge in [0.1, 0.15) is 17.2 Å². The molecule has 162 valence electrons. The van der Waals surface area contributed by atoms with E-state index < -0.39 is 5.92 Å². The number of carbonyl (C=O) groups excluding carboxylic acids is 1. The van der Waals surface area contributed by atoms with Gasteiger partial charge in [-0.25, -0.2) is 0 Å². The van der Waals surface area contributed by atoms with Gasteiger partial charge in [-0.3, -0.25) is 4.79 Å². The van der Waals surface area contributed by atoms with Crippen LogP contribution in [0.4, 0.5) is 0 Å². The molecule has 1 aliphatic rings. The number of nitrogens with zero attached hydrogens (tertiary/aromatic N) is 1. The fourth-order valence-electron chi connectivity index (χ4n) is 4.50. The lowest BCUT2D eigenvalue weighted by atomic mass is 9.85. The summed E-state index contributed by atoms with van der Waals surface area (Å²) < 4.78 is 10.8. The van der Waals surface area contributed by atoms with Crippen molar-refractivity contribution in [2.75, 3.05) is 27.3 Å². The van der Waals surface area contributed by atoms with Gasteiger partial charge in [0, 0.05) is 48.1 Å². The molecule has 1 N–H and O–H groups in total. The Labute approximate surface area is 183 Å². The van der Waals surface area contributed by atoms with E-state index >= 15 is 0 Å². The first kappa shape index (κ1) is 22.3. The molecule has 1 amide bonds. The summed E-state index contributed by atoms with van der Waals surface area (Å²) in [4.78, 5) is 15.3. The number of carbonyl (C=O) groups is 1. The van der Waals surface area contributed by atoms with Gasteiger partial charge in [-0.2, -0.15) is 0 Å². The summed E-state index contributed by atoms with van der Waals surface area (Å²) in [6.45, 7) is 5.89. The minimum atomic E-state index is -0.399. The molecule has 30 heavy (non-hydrogen) atoms. The Morgan fingerprint density at radius 3 is 2.47 bits per heavy atom. The van der Waals surface area contributed by atoms with Crippen LogP contribution in [0.25, 0.3) is 0 Å². The lowest BCUT2D eigenvalue weighted by molar-refractivity contribution is -0.134. The third-order valence-electron chi connectivity index (χ3n) is 5.75. The number of methoxy groups -OCH3 is 2. The molecule has 3 atom stereocenters. The molecule has 3 unspecified atom stereocenters. The maximum absolute atomic E-state index is 13.3. The molecule has 0 bridgehead atoms. The third-order valence-corrected chi connectivity index (χ3v) is 5.98. The first-order valence-corrected chi connectivity index (χ1v) is 10.7. The molecule has 1 saturated heterocycles. The van der Waals surface area contributed by atoms with E-state index in [0.29, 0.717) is 33.9 Å². The average molecular weight is 432 g/mol. The smallest absolute Gasteiger partial charge is 0.223 e. The summed E-state index contributed by atoms with van der Waals surface area (Å²) in [7, 11) is 3.08. The number of benzene rings is 2. The Kier molecular flexibility index (Phi) is 7.14. The van der Waals surface area contributed by atoms with Gasteiger partial charge in [-0.1, -0.05) is 37.6 Å². The zero-order valence-electron chi connectivity index (χ0n) is 18.0. The van der Waals surface area contributed by atoms with Crippen molar-refractivity contribution >= 4 is 17.5 Å². The topological polar surface area (TPSA) is 59.0 Å². The van der Waals surface area contributed by atoms with Crippen LogP contribution in [0.1, 0.15) is 43.7 Å². The second kappa shape index (κ2) is 9.61. The standard InChI is InChI=1S/C24H30ClNO4/c1-15-8-16(2)14-26(13-15)23(28)12-20(17-6-5-7-18(25)9-17)24-21(27)10-19(29-3)11-22(24)30-4/h5-7,9-11,15-16,20,27H,8,12-14H2,1-4H3. The number of halogens is 1. The molecule has 2 aromatic rings. The van der Waals surface area contributed by atoms with E-state index in [2.05, 4.69) is 13.8 Å². The summed E-state index contributed by atoms with van der Waals surface area (Å²) in [5, 5.41) is 11.4. The number of phenols is 1. The van der Waals surface area contributed by atoms with E-state index in [-0.39, 0.29) is 18.1 Å². The molecule has 0 radical (unpaired) electrons. The molecule has 0 spiro atoms. The Bertz CT molecular complexity index is 891. The van der Waals surface area contributed by atoms with Crippen LogP contribution in [0.3, 0.4) is 0 Å². The van der Waals surface area contributed by atoms with Gasteiger partial charge in [0.05, 0.1) is 14.2 Å². The quantitative estimate of drug-likeness (QED) is 0.692. The van der Waals surface area contributed by atoms with E-state index in [1.54, 1.807) is 25.3 Å². The number of amides is 1. The molecule has 3 rings (SSSR count). The number of phenolic OH excluding ortho intramolecular Hbond substituents is 1. The molecule has 2 aromatic carbocycles. The first-order valence-electron chi connectivity index (χ1n) is 10.3. The number of hydrogen-bond donors (Lipinski definition) is 1. The number of ether oxygens (including phenoxy) is 2. The molecular weight excluding hydrogens is 402 g/mol. The van der Waals surface area contributed by atoms with E-state index in [0.717, 1.165) is 25.1 Å². The Hall–Kier alpha value is -2.40. The number of likely N-dealkylation sites (tertiary alicyclic amines) is 1. The van der Waals surface area contributed by atoms with Gasteiger partial charge < -0.3 is 19.5 Å². The summed E-state index contributed by atoms with van der Waals surface area (Å²) >= 11 is 6.25. The maximum Gasteiger partial charge on any atom is 0.223 e. The van der Waals surface area contributed by atoms with E-state index in [4.69, 9.17) is 21.1 Å². The number of aromatic hydroxyl groups is 1.